The minimum atomic E-state index is -3.61. The van der Waals surface area contributed by atoms with Gasteiger partial charge in [-0.2, -0.15) is 4.31 Å². The number of quaternary nitrogens is 1. The first-order valence-corrected chi connectivity index (χ1v) is 10.7. The van der Waals surface area contributed by atoms with Crippen LogP contribution in [0.4, 0.5) is 0 Å². The summed E-state index contributed by atoms with van der Waals surface area (Å²) >= 11 is 0. The lowest BCUT2D eigenvalue weighted by molar-refractivity contribution is -0.897. The van der Waals surface area contributed by atoms with Crippen LogP contribution in [-0.4, -0.2) is 55.8 Å². The Morgan fingerprint density at radius 2 is 1.85 bits per heavy atom. The molecule has 1 aliphatic rings. The molecule has 0 saturated carbocycles. The molecule has 2 aromatic carbocycles. The fourth-order valence-electron chi connectivity index (χ4n) is 3.61. The van der Waals surface area contributed by atoms with Crippen molar-refractivity contribution < 1.29 is 17.9 Å². The van der Waals surface area contributed by atoms with Gasteiger partial charge in [0.05, 0.1) is 26.2 Å². The maximum absolute atomic E-state index is 13.1. The van der Waals surface area contributed by atoms with E-state index in [-0.39, 0.29) is 4.90 Å². The molecule has 0 spiro atoms. The molecule has 7 nitrogen and oxygen atoms in total. The number of hydrogen-bond donors (Lipinski definition) is 1. The van der Waals surface area contributed by atoms with Crippen molar-refractivity contribution in [2.45, 2.75) is 17.7 Å². The molecule has 142 valence electrons. The van der Waals surface area contributed by atoms with E-state index in [2.05, 4.69) is 34.6 Å². The zero-order chi connectivity index (χ0) is 18.7. The van der Waals surface area contributed by atoms with Crippen molar-refractivity contribution in [3.63, 3.8) is 0 Å². The maximum Gasteiger partial charge on any atom is 0.245 e. The van der Waals surface area contributed by atoms with Crippen molar-refractivity contribution in [2.24, 2.45) is 0 Å². The van der Waals surface area contributed by atoms with Crippen molar-refractivity contribution in [2.75, 3.05) is 32.7 Å². The van der Waals surface area contributed by atoms with E-state index in [9.17, 15) is 8.42 Å². The van der Waals surface area contributed by atoms with Gasteiger partial charge in [0.2, 0.25) is 10.0 Å². The highest BCUT2D eigenvalue weighted by atomic mass is 32.2. The molecule has 8 heteroatoms. The fourth-order valence-corrected chi connectivity index (χ4v) is 5.23. The van der Waals surface area contributed by atoms with Crippen LogP contribution in [0.5, 0.6) is 0 Å². The molecule has 1 N–H and O–H groups in total. The standard InChI is InChI=1S/C19H22N4O3S/c24-27(25,18-9-4-8-17-19(18)21-26-20-17)23-12-5-11-22(14-15-23)13-10-16-6-2-1-3-7-16/h1-4,6-9H,5,10-15H2/p+1. The van der Waals surface area contributed by atoms with Gasteiger partial charge in [0, 0.05) is 19.4 Å². The van der Waals surface area contributed by atoms with Crippen molar-refractivity contribution in [3.8, 4) is 0 Å². The van der Waals surface area contributed by atoms with E-state index in [4.69, 9.17) is 4.63 Å². The molecule has 2 heterocycles. The predicted octanol–water partition coefficient (Wildman–Crippen LogP) is 0.745. The van der Waals surface area contributed by atoms with Crippen LogP contribution in [0.2, 0.25) is 0 Å². The normalized spacial score (nSPS) is 19.2. The quantitative estimate of drug-likeness (QED) is 0.699. The van der Waals surface area contributed by atoms with Crippen LogP contribution in [0.3, 0.4) is 0 Å². The van der Waals surface area contributed by atoms with Crippen LogP contribution in [0.15, 0.2) is 58.1 Å². The monoisotopic (exact) mass is 387 g/mol. The molecule has 1 fully saturated rings. The molecule has 0 aliphatic carbocycles. The van der Waals surface area contributed by atoms with Crippen molar-refractivity contribution in [3.05, 3.63) is 54.1 Å². The van der Waals surface area contributed by atoms with Gasteiger partial charge in [0.1, 0.15) is 10.4 Å². The second kappa shape index (κ2) is 7.75. The Kier molecular flexibility index (Phi) is 5.20. The number of aromatic nitrogens is 2. The third-order valence-corrected chi connectivity index (χ3v) is 7.06. The van der Waals surface area contributed by atoms with Crippen LogP contribution in [0, 0.1) is 0 Å². The molecule has 1 saturated heterocycles. The predicted molar refractivity (Wildman–Crippen MR) is 101 cm³/mol. The largest absolute Gasteiger partial charge is 0.334 e. The highest BCUT2D eigenvalue weighted by Crippen LogP contribution is 2.23. The SMILES string of the molecule is O=S(=O)(c1cccc2nonc12)N1CCC[NH+](CCc2ccccc2)CC1. The number of nitrogens with one attached hydrogen (secondary N) is 1. The van der Waals surface area contributed by atoms with E-state index in [1.54, 1.807) is 22.5 Å². The molecule has 1 aromatic heterocycles. The summed E-state index contributed by atoms with van der Waals surface area (Å²) in [5.41, 5.74) is 2.08. The lowest BCUT2D eigenvalue weighted by Gasteiger charge is -2.20. The molecule has 0 amide bonds. The molecule has 1 atom stereocenters. The lowest BCUT2D eigenvalue weighted by Crippen LogP contribution is -3.12. The van der Waals surface area contributed by atoms with Gasteiger partial charge in [-0.1, -0.05) is 36.4 Å². The Balaban J connectivity index is 1.45. The van der Waals surface area contributed by atoms with E-state index in [1.807, 2.05) is 6.07 Å². The molecule has 4 rings (SSSR count). The van der Waals surface area contributed by atoms with E-state index >= 15 is 0 Å². The number of rotatable bonds is 5. The number of sulfonamides is 1. The second-order valence-electron chi connectivity index (χ2n) is 6.88. The van der Waals surface area contributed by atoms with Gasteiger partial charge < -0.3 is 4.90 Å². The molecular weight excluding hydrogens is 364 g/mol. The van der Waals surface area contributed by atoms with Crippen molar-refractivity contribution in [1.82, 2.24) is 14.6 Å². The van der Waals surface area contributed by atoms with Crippen LogP contribution >= 0.6 is 0 Å². The van der Waals surface area contributed by atoms with Crippen LogP contribution in [0.1, 0.15) is 12.0 Å². The summed E-state index contributed by atoms with van der Waals surface area (Å²) in [7, 11) is -3.61. The first-order valence-electron chi connectivity index (χ1n) is 9.23. The summed E-state index contributed by atoms with van der Waals surface area (Å²) in [5, 5.41) is 7.53. The summed E-state index contributed by atoms with van der Waals surface area (Å²) in [6.07, 6.45) is 1.85. The molecular formula is C19H23N4O3S+. The number of benzene rings is 2. The highest BCUT2D eigenvalue weighted by Gasteiger charge is 2.30. The van der Waals surface area contributed by atoms with Crippen LogP contribution in [0.25, 0.3) is 11.0 Å². The Bertz CT molecular complexity index is 1000. The van der Waals surface area contributed by atoms with Crippen LogP contribution < -0.4 is 4.90 Å². The number of nitrogens with zero attached hydrogens (tertiary/aromatic N) is 3. The van der Waals surface area contributed by atoms with Gasteiger partial charge in [0.25, 0.3) is 0 Å². The molecule has 3 aromatic rings. The van der Waals surface area contributed by atoms with Gasteiger partial charge in [0.15, 0.2) is 5.52 Å². The summed E-state index contributed by atoms with van der Waals surface area (Å²) in [6.45, 7) is 3.83. The third-order valence-electron chi connectivity index (χ3n) is 5.13. The average molecular weight is 387 g/mol. The molecule has 27 heavy (non-hydrogen) atoms. The van der Waals surface area contributed by atoms with Crippen molar-refractivity contribution >= 4 is 21.1 Å². The second-order valence-corrected chi connectivity index (χ2v) is 8.79. The van der Waals surface area contributed by atoms with Gasteiger partial charge in [-0.05, 0) is 28.0 Å². The Morgan fingerprint density at radius 1 is 1.00 bits per heavy atom. The topological polar surface area (TPSA) is 80.7 Å². The number of hydrogen-bond acceptors (Lipinski definition) is 5. The smallest absolute Gasteiger partial charge is 0.245 e. The van der Waals surface area contributed by atoms with Gasteiger partial charge in [-0.3, -0.25) is 0 Å². The van der Waals surface area contributed by atoms with Crippen LogP contribution in [-0.2, 0) is 16.4 Å². The molecule has 1 unspecified atom stereocenters. The summed E-state index contributed by atoms with van der Waals surface area (Å²) < 4.78 is 32.6. The molecule has 1 aliphatic heterocycles. The zero-order valence-corrected chi connectivity index (χ0v) is 15.9. The first-order chi connectivity index (χ1) is 13.1. The van der Waals surface area contributed by atoms with Gasteiger partial charge >= 0.3 is 0 Å². The minimum Gasteiger partial charge on any atom is -0.334 e. The summed E-state index contributed by atoms with van der Waals surface area (Å²) in [4.78, 5) is 1.62. The number of fused-ring (bicyclic) bond motifs is 1. The summed E-state index contributed by atoms with van der Waals surface area (Å²) in [5.74, 6) is 0. The Labute approximate surface area is 158 Å². The van der Waals surface area contributed by atoms with E-state index < -0.39 is 10.0 Å². The third kappa shape index (κ3) is 3.87. The summed E-state index contributed by atoms with van der Waals surface area (Å²) in [6, 6.07) is 15.4. The van der Waals surface area contributed by atoms with Crippen molar-refractivity contribution in [1.29, 1.82) is 0 Å². The highest BCUT2D eigenvalue weighted by molar-refractivity contribution is 7.89. The Hall–Kier alpha value is -2.29. The maximum atomic E-state index is 13.1. The van der Waals surface area contributed by atoms with Gasteiger partial charge in [-0.25, -0.2) is 13.0 Å². The molecule has 0 bridgehead atoms. The van der Waals surface area contributed by atoms with Gasteiger partial charge in [-0.15, -0.1) is 0 Å². The Morgan fingerprint density at radius 3 is 2.70 bits per heavy atom. The zero-order valence-electron chi connectivity index (χ0n) is 15.0. The van der Waals surface area contributed by atoms with E-state index in [0.29, 0.717) is 24.1 Å². The average Bonchev–Trinajstić information content (AvgIpc) is 3.04. The first kappa shape index (κ1) is 18.1. The van der Waals surface area contributed by atoms with E-state index in [1.165, 1.54) is 10.5 Å². The minimum absolute atomic E-state index is 0.175. The molecule has 0 radical (unpaired) electrons. The fraction of sp³-hybridized carbons (Fsp3) is 0.368. The lowest BCUT2D eigenvalue weighted by atomic mass is 10.1. The van der Waals surface area contributed by atoms with E-state index in [0.717, 1.165) is 32.5 Å².